The number of ether oxygens (including phenoxy) is 1. The Balaban J connectivity index is 1.33. The monoisotopic (exact) mass is 646 g/mol. The van der Waals surface area contributed by atoms with Crippen LogP contribution in [0, 0.1) is 23.7 Å². The molecule has 0 bridgehead atoms. The zero-order valence-corrected chi connectivity index (χ0v) is 26.6. The normalized spacial score (nSPS) is 23.8. The van der Waals surface area contributed by atoms with E-state index in [0.717, 1.165) is 19.3 Å². The van der Waals surface area contributed by atoms with E-state index in [-0.39, 0.29) is 48.8 Å². The van der Waals surface area contributed by atoms with Gasteiger partial charge in [0.2, 0.25) is 11.7 Å². The fraction of sp³-hybridized carbons (Fsp3) is 0.594. The number of aromatic nitrogens is 1. The first-order chi connectivity index (χ1) is 21.0. The van der Waals surface area contributed by atoms with Crippen LogP contribution >= 0.6 is 23.2 Å². The Bertz CT molecular complexity index is 1440. The fourth-order valence-electron chi connectivity index (χ4n) is 6.99. The lowest BCUT2D eigenvalue weighted by molar-refractivity contribution is -0.141. The summed E-state index contributed by atoms with van der Waals surface area (Å²) in [6.45, 7) is 5.36. The largest absolute Gasteiger partial charge is 0.379 e. The third kappa shape index (κ3) is 7.13. The minimum absolute atomic E-state index is 0.0330. The van der Waals surface area contributed by atoms with Crippen LogP contribution in [0.25, 0.3) is 10.9 Å². The standard InChI is InChI=1S/C32H40Cl2N4O6/c1-17(2)16-44-10-9-35-31(42)29(40)25(11-18-5-4-8-27(18)39)37-30(41)28-21-7-3-6-19(21)15-38(28)32(43)26-14-22-23(34)12-20(33)13-24(22)36-26/h12-14,17-19,21,25,28,36H,3-11,15-16H2,1-2H3,(H,35,42)(H,37,41)/t18-,19-,21-,25-,28-/m0/s1. The first-order valence-corrected chi connectivity index (χ1v) is 16.3. The predicted octanol–water partition coefficient (Wildman–Crippen LogP) is 4.32. The summed E-state index contributed by atoms with van der Waals surface area (Å²) in [5, 5.41) is 6.89. The second kappa shape index (κ2) is 14.0. The van der Waals surface area contributed by atoms with Crippen LogP contribution in [0.4, 0.5) is 0 Å². The third-order valence-corrected chi connectivity index (χ3v) is 9.62. The van der Waals surface area contributed by atoms with E-state index >= 15 is 0 Å². The van der Waals surface area contributed by atoms with Crippen molar-refractivity contribution in [1.82, 2.24) is 20.5 Å². The van der Waals surface area contributed by atoms with Crippen LogP contribution in [0.15, 0.2) is 18.2 Å². The van der Waals surface area contributed by atoms with E-state index in [1.807, 2.05) is 13.8 Å². The Kier molecular flexibility index (Phi) is 10.3. The summed E-state index contributed by atoms with van der Waals surface area (Å²) in [7, 11) is 0. The quantitative estimate of drug-likeness (QED) is 0.232. The lowest BCUT2D eigenvalue weighted by atomic mass is 9.91. The van der Waals surface area contributed by atoms with E-state index < -0.39 is 35.6 Å². The molecule has 2 aromatic rings. The summed E-state index contributed by atoms with van der Waals surface area (Å²) in [5.74, 6) is -2.43. The van der Waals surface area contributed by atoms with Crippen LogP contribution in [0.3, 0.4) is 0 Å². The highest BCUT2D eigenvalue weighted by atomic mass is 35.5. The second-order valence-electron chi connectivity index (χ2n) is 12.7. The molecule has 1 aromatic heterocycles. The van der Waals surface area contributed by atoms with Gasteiger partial charge in [-0.1, -0.05) is 43.5 Å². The third-order valence-electron chi connectivity index (χ3n) is 9.09. The first kappa shape index (κ1) is 32.4. The number of likely N-dealkylation sites (tertiary alicyclic amines) is 1. The molecule has 3 amide bonds. The summed E-state index contributed by atoms with van der Waals surface area (Å²) < 4.78 is 5.49. The number of benzene rings is 1. The maximum atomic E-state index is 14.0. The smallest absolute Gasteiger partial charge is 0.289 e. The summed E-state index contributed by atoms with van der Waals surface area (Å²) >= 11 is 12.5. The Morgan fingerprint density at radius 2 is 1.89 bits per heavy atom. The average Bonchev–Trinajstić information content (AvgIpc) is 3.75. The topological polar surface area (TPSA) is 138 Å². The molecule has 12 heteroatoms. The number of nitrogens with zero attached hydrogens (tertiary/aromatic N) is 1. The van der Waals surface area contributed by atoms with Crippen LogP contribution in [-0.2, 0) is 23.9 Å². The van der Waals surface area contributed by atoms with Gasteiger partial charge in [-0.25, -0.2) is 0 Å². The van der Waals surface area contributed by atoms with Crippen LogP contribution in [0.2, 0.25) is 10.0 Å². The number of rotatable bonds is 12. The number of carbonyl (C=O) groups is 5. The van der Waals surface area contributed by atoms with E-state index in [4.69, 9.17) is 27.9 Å². The van der Waals surface area contributed by atoms with Gasteiger partial charge in [-0.3, -0.25) is 24.0 Å². The van der Waals surface area contributed by atoms with E-state index in [0.29, 0.717) is 59.3 Å². The summed E-state index contributed by atoms with van der Waals surface area (Å²) in [6.07, 6.45) is 4.41. The van der Waals surface area contributed by atoms with Gasteiger partial charge in [0.25, 0.3) is 11.8 Å². The van der Waals surface area contributed by atoms with Crippen molar-refractivity contribution in [1.29, 1.82) is 0 Å². The highest BCUT2D eigenvalue weighted by Gasteiger charge is 2.50. The van der Waals surface area contributed by atoms with E-state index in [1.165, 1.54) is 0 Å². The van der Waals surface area contributed by atoms with Crippen molar-refractivity contribution in [3.63, 3.8) is 0 Å². The molecule has 1 aliphatic heterocycles. The minimum atomic E-state index is -1.18. The van der Waals surface area contributed by atoms with Gasteiger partial charge in [0.15, 0.2) is 0 Å². The number of hydrogen-bond acceptors (Lipinski definition) is 6. The maximum Gasteiger partial charge on any atom is 0.289 e. The molecule has 2 heterocycles. The molecule has 1 aromatic carbocycles. The van der Waals surface area contributed by atoms with E-state index in [2.05, 4.69) is 15.6 Å². The number of nitrogens with one attached hydrogen (secondary N) is 3. The Labute approximate surface area is 266 Å². The van der Waals surface area contributed by atoms with Gasteiger partial charge in [-0.05, 0) is 68.1 Å². The number of amides is 3. The van der Waals surface area contributed by atoms with Crippen molar-refractivity contribution < 1.29 is 28.7 Å². The van der Waals surface area contributed by atoms with E-state index in [1.54, 1.807) is 23.1 Å². The molecule has 44 heavy (non-hydrogen) atoms. The molecule has 3 fully saturated rings. The SMILES string of the molecule is CC(C)COCCNC(=O)C(=O)[C@H](C[C@@H]1CCCC1=O)NC(=O)[C@@H]1[C@H]2CCC[C@H]2CN1C(=O)c1cc2c(Cl)cc(Cl)cc2[nH]1. The molecule has 0 radical (unpaired) electrons. The fourth-order valence-corrected chi connectivity index (χ4v) is 7.54. The molecule has 238 valence electrons. The number of halogens is 2. The van der Waals surface area contributed by atoms with Crippen molar-refractivity contribution >= 4 is 63.4 Å². The Morgan fingerprint density at radius 3 is 2.61 bits per heavy atom. The van der Waals surface area contributed by atoms with Crippen molar-refractivity contribution in [2.75, 3.05) is 26.3 Å². The number of Topliss-reactive ketones (excluding diaryl/α,β-unsaturated/α-hetero) is 2. The summed E-state index contributed by atoms with van der Waals surface area (Å²) in [5.41, 5.74) is 0.893. The van der Waals surface area contributed by atoms with Gasteiger partial charge < -0.3 is 25.3 Å². The highest BCUT2D eigenvalue weighted by molar-refractivity contribution is 6.39. The number of H-pyrrole nitrogens is 1. The number of hydrogen-bond donors (Lipinski definition) is 3. The molecule has 0 spiro atoms. The molecule has 0 unspecified atom stereocenters. The van der Waals surface area contributed by atoms with Crippen LogP contribution in [-0.4, -0.2) is 77.6 Å². The molecular weight excluding hydrogens is 607 g/mol. The minimum Gasteiger partial charge on any atom is -0.379 e. The molecule has 1 saturated heterocycles. The molecule has 2 aliphatic carbocycles. The van der Waals surface area contributed by atoms with Crippen molar-refractivity contribution in [3.8, 4) is 0 Å². The van der Waals surface area contributed by atoms with Gasteiger partial charge in [0.05, 0.1) is 17.7 Å². The number of fused-ring (bicyclic) bond motifs is 2. The van der Waals surface area contributed by atoms with Crippen molar-refractivity contribution in [3.05, 3.63) is 33.9 Å². The first-order valence-electron chi connectivity index (χ1n) is 15.5. The number of ketones is 2. The second-order valence-corrected chi connectivity index (χ2v) is 13.6. The van der Waals surface area contributed by atoms with Gasteiger partial charge >= 0.3 is 0 Å². The molecule has 5 atom stereocenters. The van der Waals surface area contributed by atoms with Crippen LogP contribution < -0.4 is 10.6 Å². The lowest BCUT2D eigenvalue weighted by Gasteiger charge is -2.29. The molecule has 5 rings (SSSR count). The average molecular weight is 648 g/mol. The van der Waals surface area contributed by atoms with Crippen molar-refractivity contribution in [2.45, 2.75) is 70.9 Å². The number of aromatic amines is 1. The van der Waals surface area contributed by atoms with E-state index in [9.17, 15) is 24.0 Å². The highest BCUT2D eigenvalue weighted by Crippen LogP contribution is 2.43. The molecule has 2 saturated carbocycles. The lowest BCUT2D eigenvalue weighted by Crippen LogP contribution is -2.55. The van der Waals surface area contributed by atoms with Crippen LogP contribution in [0.1, 0.15) is 69.3 Å². The summed E-state index contributed by atoms with van der Waals surface area (Å²) in [4.78, 5) is 71.3. The Morgan fingerprint density at radius 1 is 1.09 bits per heavy atom. The van der Waals surface area contributed by atoms with Crippen molar-refractivity contribution in [2.24, 2.45) is 23.7 Å². The zero-order chi connectivity index (χ0) is 31.5. The molecule has 3 aliphatic rings. The zero-order valence-electron chi connectivity index (χ0n) is 25.1. The van der Waals surface area contributed by atoms with Gasteiger partial charge in [0.1, 0.15) is 17.5 Å². The molecule has 10 nitrogen and oxygen atoms in total. The molecule has 3 N–H and O–H groups in total. The maximum absolute atomic E-state index is 14.0. The van der Waals surface area contributed by atoms with Gasteiger partial charge in [0, 0.05) is 48.0 Å². The predicted molar refractivity (Wildman–Crippen MR) is 167 cm³/mol. The summed E-state index contributed by atoms with van der Waals surface area (Å²) in [6, 6.07) is 2.95. The van der Waals surface area contributed by atoms with Gasteiger partial charge in [-0.2, -0.15) is 0 Å². The molecular formula is C32H40Cl2N4O6. The number of carbonyl (C=O) groups excluding carboxylic acids is 5. The van der Waals surface area contributed by atoms with Crippen LogP contribution in [0.5, 0.6) is 0 Å². The van der Waals surface area contributed by atoms with Gasteiger partial charge in [-0.15, -0.1) is 0 Å². The Hall–Kier alpha value is -2.95.